The average Bonchev–Trinajstić information content (AvgIpc) is 2.67. The van der Waals surface area contributed by atoms with Crippen molar-refractivity contribution in [2.24, 2.45) is 0 Å². The summed E-state index contributed by atoms with van der Waals surface area (Å²) in [5.41, 5.74) is 0.543. The van der Waals surface area contributed by atoms with E-state index < -0.39 is 27.8 Å². The van der Waals surface area contributed by atoms with Crippen LogP contribution in [0.3, 0.4) is 0 Å². The number of methoxy groups -OCH3 is 1. The van der Waals surface area contributed by atoms with Crippen molar-refractivity contribution in [3.8, 4) is 5.75 Å². The normalized spacial score (nSPS) is 12.3. The molecule has 0 heterocycles. The van der Waals surface area contributed by atoms with E-state index in [9.17, 15) is 22.7 Å². The number of aliphatic hydroxyl groups is 1. The molecule has 0 radical (unpaired) electrons. The molecule has 27 heavy (non-hydrogen) atoms. The Labute approximate surface area is 157 Å². The van der Waals surface area contributed by atoms with Gasteiger partial charge in [0, 0.05) is 6.54 Å². The van der Waals surface area contributed by atoms with Gasteiger partial charge in [0.2, 0.25) is 0 Å². The van der Waals surface area contributed by atoms with Crippen LogP contribution in [0.4, 0.5) is 14.9 Å². The van der Waals surface area contributed by atoms with E-state index in [1.165, 1.54) is 20.1 Å². The maximum atomic E-state index is 13.4. The van der Waals surface area contributed by atoms with E-state index in [1.807, 2.05) is 0 Å². The second-order valence-electron chi connectivity index (χ2n) is 5.67. The van der Waals surface area contributed by atoms with Crippen molar-refractivity contribution in [2.45, 2.75) is 17.9 Å². The zero-order chi connectivity index (χ0) is 20.0. The zero-order valence-electron chi connectivity index (χ0n) is 14.9. The number of amides is 2. The Bertz CT molecular complexity index is 900. The highest BCUT2D eigenvalue weighted by Crippen LogP contribution is 2.23. The quantitative estimate of drug-likeness (QED) is 0.667. The van der Waals surface area contributed by atoms with Gasteiger partial charge in [-0.15, -0.1) is 0 Å². The summed E-state index contributed by atoms with van der Waals surface area (Å²) in [6, 6.07) is 9.05. The molecule has 2 rings (SSSR count). The first-order valence-corrected chi connectivity index (χ1v) is 9.81. The highest BCUT2D eigenvalue weighted by molar-refractivity contribution is 7.91. The van der Waals surface area contributed by atoms with Crippen LogP contribution in [0.5, 0.6) is 5.75 Å². The summed E-state index contributed by atoms with van der Waals surface area (Å²) < 4.78 is 42.6. The first-order chi connectivity index (χ1) is 12.8. The van der Waals surface area contributed by atoms with Gasteiger partial charge in [0.1, 0.15) is 11.6 Å². The second kappa shape index (κ2) is 8.83. The summed E-state index contributed by atoms with van der Waals surface area (Å²) in [5.74, 6) is -0.316. The number of anilines is 1. The standard InChI is InChI=1S/C18H21FN2O5S/c1-3-27(24,25)17-10-13(19)6-9-15(17)21-18(23)20-11-16(22)12-4-7-14(26-2)8-5-12/h4-10,16,22H,3,11H2,1-2H3,(H2,20,21,23)/t16-/m0/s1. The van der Waals surface area contributed by atoms with Crippen molar-refractivity contribution < 1.29 is 27.4 Å². The first kappa shape index (κ1) is 20.7. The molecule has 0 saturated heterocycles. The third-order valence-electron chi connectivity index (χ3n) is 3.86. The van der Waals surface area contributed by atoms with E-state index in [1.54, 1.807) is 24.3 Å². The summed E-state index contributed by atoms with van der Waals surface area (Å²) in [6.07, 6.45) is -0.964. The van der Waals surface area contributed by atoms with Gasteiger partial charge in [-0.1, -0.05) is 19.1 Å². The maximum Gasteiger partial charge on any atom is 0.319 e. The number of hydrogen-bond donors (Lipinski definition) is 3. The number of benzene rings is 2. The van der Waals surface area contributed by atoms with Crippen LogP contribution in [0.25, 0.3) is 0 Å². The second-order valence-corrected chi connectivity index (χ2v) is 7.91. The van der Waals surface area contributed by atoms with Crippen molar-refractivity contribution >= 4 is 21.6 Å². The molecule has 146 valence electrons. The van der Waals surface area contributed by atoms with Gasteiger partial charge in [-0.3, -0.25) is 0 Å². The number of halogens is 1. The predicted molar refractivity (Wildman–Crippen MR) is 99.1 cm³/mol. The Morgan fingerprint density at radius 2 is 1.89 bits per heavy atom. The number of nitrogens with one attached hydrogen (secondary N) is 2. The fourth-order valence-electron chi connectivity index (χ4n) is 2.31. The number of ether oxygens (including phenoxy) is 1. The molecule has 0 aliphatic rings. The molecule has 0 saturated carbocycles. The summed E-state index contributed by atoms with van der Waals surface area (Å²) in [5, 5.41) is 15.0. The van der Waals surface area contributed by atoms with Crippen molar-refractivity contribution in [1.29, 1.82) is 0 Å². The number of urea groups is 1. The monoisotopic (exact) mass is 396 g/mol. The molecule has 0 unspecified atom stereocenters. The fourth-order valence-corrected chi connectivity index (χ4v) is 3.37. The van der Waals surface area contributed by atoms with Crippen LogP contribution < -0.4 is 15.4 Å². The lowest BCUT2D eigenvalue weighted by molar-refractivity contribution is 0.175. The Balaban J connectivity index is 2.03. The molecule has 0 spiro atoms. The Morgan fingerprint density at radius 3 is 2.48 bits per heavy atom. The minimum atomic E-state index is -3.72. The molecular formula is C18H21FN2O5S. The number of rotatable bonds is 7. The van der Waals surface area contributed by atoms with Gasteiger partial charge in [0.15, 0.2) is 9.84 Å². The van der Waals surface area contributed by atoms with E-state index in [-0.39, 0.29) is 22.9 Å². The van der Waals surface area contributed by atoms with E-state index in [0.29, 0.717) is 11.3 Å². The number of carbonyl (C=O) groups is 1. The molecule has 0 fully saturated rings. The molecule has 0 aliphatic heterocycles. The highest BCUT2D eigenvalue weighted by Gasteiger charge is 2.19. The van der Waals surface area contributed by atoms with E-state index in [0.717, 1.165) is 12.1 Å². The molecule has 2 aromatic carbocycles. The van der Waals surface area contributed by atoms with Gasteiger partial charge < -0.3 is 20.5 Å². The lowest BCUT2D eigenvalue weighted by Crippen LogP contribution is -2.32. The maximum absolute atomic E-state index is 13.4. The smallest absolute Gasteiger partial charge is 0.319 e. The van der Waals surface area contributed by atoms with Crippen LogP contribution >= 0.6 is 0 Å². The Kier molecular flexibility index (Phi) is 6.75. The molecular weight excluding hydrogens is 375 g/mol. The van der Waals surface area contributed by atoms with Crippen molar-refractivity contribution in [1.82, 2.24) is 5.32 Å². The zero-order valence-corrected chi connectivity index (χ0v) is 15.7. The number of aliphatic hydroxyl groups excluding tert-OH is 1. The largest absolute Gasteiger partial charge is 0.497 e. The van der Waals surface area contributed by atoms with Gasteiger partial charge in [-0.25, -0.2) is 17.6 Å². The number of sulfone groups is 1. The lowest BCUT2D eigenvalue weighted by Gasteiger charge is -2.15. The minimum Gasteiger partial charge on any atom is -0.497 e. The molecule has 3 N–H and O–H groups in total. The Morgan fingerprint density at radius 1 is 1.22 bits per heavy atom. The third kappa shape index (κ3) is 5.41. The van der Waals surface area contributed by atoms with Gasteiger partial charge in [-0.05, 0) is 35.9 Å². The molecule has 9 heteroatoms. The SMILES string of the molecule is CCS(=O)(=O)c1cc(F)ccc1NC(=O)NC[C@H](O)c1ccc(OC)cc1. The van der Waals surface area contributed by atoms with Crippen molar-refractivity contribution in [2.75, 3.05) is 24.7 Å². The van der Waals surface area contributed by atoms with Crippen LogP contribution in [0.1, 0.15) is 18.6 Å². The van der Waals surface area contributed by atoms with Crippen molar-refractivity contribution in [3.63, 3.8) is 0 Å². The summed E-state index contributed by atoms with van der Waals surface area (Å²) in [7, 11) is -2.19. The molecule has 2 amide bonds. The number of hydrogen-bond acceptors (Lipinski definition) is 5. The van der Waals surface area contributed by atoms with Crippen LogP contribution in [0, 0.1) is 5.82 Å². The van der Waals surface area contributed by atoms with Crippen LogP contribution in [0.2, 0.25) is 0 Å². The highest BCUT2D eigenvalue weighted by atomic mass is 32.2. The van der Waals surface area contributed by atoms with E-state index in [2.05, 4.69) is 10.6 Å². The van der Waals surface area contributed by atoms with E-state index >= 15 is 0 Å². The first-order valence-electron chi connectivity index (χ1n) is 8.16. The van der Waals surface area contributed by atoms with Gasteiger partial charge in [-0.2, -0.15) is 0 Å². The third-order valence-corrected chi connectivity index (χ3v) is 5.63. The summed E-state index contributed by atoms with van der Waals surface area (Å²) in [6.45, 7) is 1.32. The minimum absolute atomic E-state index is 0.0327. The van der Waals surface area contributed by atoms with Crippen LogP contribution in [-0.2, 0) is 9.84 Å². The number of carbonyl (C=O) groups excluding carboxylic acids is 1. The molecule has 1 atom stereocenters. The predicted octanol–water partition coefficient (Wildman–Crippen LogP) is 2.48. The van der Waals surface area contributed by atoms with Gasteiger partial charge in [0.05, 0.1) is 29.5 Å². The summed E-state index contributed by atoms with van der Waals surface area (Å²) in [4.78, 5) is 11.8. The van der Waals surface area contributed by atoms with E-state index in [4.69, 9.17) is 4.74 Å². The van der Waals surface area contributed by atoms with Crippen molar-refractivity contribution in [3.05, 3.63) is 53.8 Å². The van der Waals surface area contributed by atoms with Gasteiger partial charge in [0.25, 0.3) is 0 Å². The fraction of sp³-hybridized carbons (Fsp3) is 0.278. The molecule has 0 aliphatic carbocycles. The molecule has 2 aromatic rings. The lowest BCUT2D eigenvalue weighted by atomic mass is 10.1. The molecule has 0 bridgehead atoms. The topological polar surface area (TPSA) is 105 Å². The molecule has 7 nitrogen and oxygen atoms in total. The van der Waals surface area contributed by atoms with Gasteiger partial charge >= 0.3 is 6.03 Å². The summed E-state index contributed by atoms with van der Waals surface area (Å²) >= 11 is 0. The van der Waals surface area contributed by atoms with Crippen LogP contribution in [0.15, 0.2) is 47.4 Å². The average molecular weight is 396 g/mol. The molecule has 0 aromatic heterocycles. The van der Waals surface area contributed by atoms with Crippen LogP contribution in [-0.4, -0.2) is 39.0 Å². The Hall–Kier alpha value is -2.65.